The molecule has 0 aromatic heterocycles. The molecule has 2 nitrogen and oxygen atoms in total. The third-order valence-corrected chi connectivity index (χ3v) is 1.75. The molecule has 0 aliphatic carbocycles. The fourth-order valence-corrected chi connectivity index (χ4v) is 0.916. The van der Waals surface area contributed by atoms with Gasteiger partial charge in [-0.1, -0.05) is 29.8 Å². The van der Waals surface area contributed by atoms with Gasteiger partial charge in [0.15, 0.2) is 0 Å². The summed E-state index contributed by atoms with van der Waals surface area (Å²) in [6.45, 7) is 3.97. The third-order valence-electron chi connectivity index (χ3n) is 1.75. The molecule has 60 valence electrons. The predicted octanol–water partition coefficient (Wildman–Crippen LogP) is 1.95. The van der Waals surface area contributed by atoms with Crippen molar-refractivity contribution < 1.29 is 4.84 Å². The van der Waals surface area contributed by atoms with Gasteiger partial charge in [0.05, 0.1) is 0 Å². The molecule has 1 unspecified atom stereocenters. The van der Waals surface area contributed by atoms with Gasteiger partial charge in [-0.2, -0.15) is 0 Å². The molecule has 0 fully saturated rings. The standard InChI is InChI=1S/C9H13NO/c1-7-3-5-9(6-4-7)8(2)11-10/h3-6,8H,10H2,1-2H3. The molecule has 0 heterocycles. The summed E-state index contributed by atoms with van der Waals surface area (Å²) in [6.07, 6.45) is -0.0180. The summed E-state index contributed by atoms with van der Waals surface area (Å²) >= 11 is 0. The summed E-state index contributed by atoms with van der Waals surface area (Å²) in [5.41, 5.74) is 2.36. The number of hydrogen-bond acceptors (Lipinski definition) is 2. The Labute approximate surface area is 66.9 Å². The van der Waals surface area contributed by atoms with Crippen molar-refractivity contribution in [3.05, 3.63) is 35.4 Å². The fraction of sp³-hybridized carbons (Fsp3) is 0.333. The molecular weight excluding hydrogens is 138 g/mol. The molecule has 0 spiro atoms. The molecule has 11 heavy (non-hydrogen) atoms. The normalized spacial score (nSPS) is 13.0. The van der Waals surface area contributed by atoms with Crippen LogP contribution in [0.15, 0.2) is 24.3 Å². The molecule has 1 rings (SSSR count). The van der Waals surface area contributed by atoms with Crippen LogP contribution in [0.5, 0.6) is 0 Å². The zero-order chi connectivity index (χ0) is 8.27. The summed E-state index contributed by atoms with van der Waals surface area (Å²) in [5, 5.41) is 0. The molecule has 0 aliphatic heterocycles. The molecule has 1 aromatic carbocycles. The minimum atomic E-state index is -0.0180. The van der Waals surface area contributed by atoms with Crippen LogP contribution in [0.3, 0.4) is 0 Å². The number of aryl methyl sites for hydroxylation is 1. The molecule has 2 N–H and O–H groups in total. The maximum Gasteiger partial charge on any atom is 0.101 e. The van der Waals surface area contributed by atoms with E-state index in [9.17, 15) is 0 Å². The lowest BCUT2D eigenvalue weighted by Gasteiger charge is -2.08. The summed E-state index contributed by atoms with van der Waals surface area (Å²) in [6, 6.07) is 8.13. The first-order valence-electron chi connectivity index (χ1n) is 3.66. The van der Waals surface area contributed by atoms with E-state index >= 15 is 0 Å². The van der Waals surface area contributed by atoms with Crippen LogP contribution in [0.25, 0.3) is 0 Å². The van der Waals surface area contributed by atoms with E-state index < -0.39 is 0 Å². The SMILES string of the molecule is Cc1ccc(C(C)ON)cc1. The van der Waals surface area contributed by atoms with Crippen LogP contribution in [-0.2, 0) is 4.84 Å². The second-order valence-corrected chi connectivity index (χ2v) is 2.69. The van der Waals surface area contributed by atoms with Gasteiger partial charge in [-0.25, -0.2) is 5.90 Å². The zero-order valence-corrected chi connectivity index (χ0v) is 6.87. The average Bonchev–Trinajstić information content (AvgIpc) is 2.05. The fourth-order valence-electron chi connectivity index (χ4n) is 0.916. The molecule has 0 saturated carbocycles. The first kappa shape index (κ1) is 8.24. The van der Waals surface area contributed by atoms with Gasteiger partial charge >= 0.3 is 0 Å². The average molecular weight is 151 g/mol. The van der Waals surface area contributed by atoms with Gasteiger partial charge in [0.25, 0.3) is 0 Å². The van der Waals surface area contributed by atoms with Crippen LogP contribution in [-0.4, -0.2) is 0 Å². The van der Waals surface area contributed by atoms with E-state index in [1.807, 2.05) is 31.2 Å². The molecule has 0 aliphatic rings. The van der Waals surface area contributed by atoms with Crippen molar-refractivity contribution in [1.82, 2.24) is 0 Å². The first-order valence-corrected chi connectivity index (χ1v) is 3.66. The highest BCUT2D eigenvalue weighted by molar-refractivity contribution is 5.22. The third kappa shape index (κ3) is 2.03. The van der Waals surface area contributed by atoms with E-state index in [4.69, 9.17) is 5.90 Å². The van der Waals surface area contributed by atoms with E-state index in [0.717, 1.165) is 5.56 Å². The molecule has 0 amide bonds. The van der Waals surface area contributed by atoms with Crippen LogP contribution in [0, 0.1) is 6.92 Å². The highest BCUT2D eigenvalue weighted by Crippen LogP contribution is 2.14. The summed E-state index contributed by atoms with van der Waals surface area (Å²) < 4.78 is 0. The molecular formula is C9H13NO. The molecule has 0 bridgehead atoms. The van der Waals surface area contributed by atoms with Gasteiger partial charge in [-0.15, -0.1) is 0 Å². The Hall–Kier alpha value is -0.860. The van der Waals surface area contributed by atoms with Crippen molar-refractivity contribution in [2.45, 2.75) is 20.0 Å². The van der Waals surface area contributed by atoms with Gasteiger partial charge in [0.1, 0.15) is 6.10 Å². The molecule has 2 heteroatoms. The number of rotatable bonds is 2. The van der Waals surface area contributed by atoms with Crippen LogP contribution < -0.4 is 5.90 Å². The van der Waals surface area contributed by atoms with Gasteiger partial charge in [0.2, 0.25) is 0 Å². The van der Waals surface area contributed by atoms with E-state index in [1.165, 1.54) is 5.56 Å². The minimum absolute atomic E-state index is 0.0180. The van der Waals surface area contributed by atoms with Crippen molar-refractivity contribution in [3.8, 4) is 0 Å². The molecule has 1 atom stereocenters. The van der Waals surface area contributed by atoms with Crippen molar-refractivity contribution >= 4 is 0 Å². The Morgan fingerprint density at radius 1 is 1.27 bits per heavy atom. The van der Waals surface area contributed by atoms with Crippen molar-refractivity contribution in [2.24, 2.45) is 5.90 Å². The smallest absolute Gasteiger partial charge is 0.101 e. The highest BCUT2D eigenvalue weighted by atomic mass is 16.6. The van der Waals surface area contributed by atoms with E-state index in [0.29, 0.717) is 0 Å². The van der Waals surface area contributed by atoms with E-state index in [-0.39, 0.29) is 6.10 Å². The van der Waals surface area contributed by atoms with Crippen LogP contribution in [0.1, 0.15) is 24.2 Å². The Bertz CT molecular complexity index is 218. The van der Waals surface area contributed by atoms with Gasteiger partial charge < -0.3 is 0 Å². The Balaban J connectivity index is 2.81. The number of hydrogen-bond donors (Lipinski definition) is 1. The second kappa shape index (κ2) is 3.51. The quantitative estimate of drug-likeness (QED) is 0.655. The molecule has 0 radical (unpaired) electrons. The maximum atomic E-state index is 5.04. The van der Waals surface area contributed by atoms with Gasteiger partial charge in [-0.3, -0.25) is 4.84 Å². The number of benzene rings is 1. The Morgan fingerprint density at radius 3 is 2.27 bits per heavy atom. The predicted molar refractivity (Wildman–Crippen MR) is 44.9 cm³/mol. The maximum absolute atomic E-state index is 5.04. The highest BCUT2D eigenvalue weighted by Gasteiger charge is 2.01. The number of nitrogens with two attached hydrogens (primary N) is 1. The van der Waals surface area contributed by atoms with Gasteiger partial charge in [0, 0.05) is 0 Å². The zero-order valence-electron chi connectivity index (χ0n) is 6.87. The lowest BCUT2D eigenvalue weighted by atomic mass is 10.1. The van der Waals surface area contributed by atoms with Crippen molar-refractivity contribution in [1.29, 1.82) is 0 Å². The van der Waals surface area contributed by atoms with Crippen molar-refractivity contribution in [3.63, 3.8) is 0 Å². The lowest BCUT2D eigenvalue weighted by Crippen LogP contribution is -2.04. The molecule has 0 saturated heterocycles. The topological polar surface area (TPSA) is 35.2 Å². The van der Waals surface area contributed by atoms with E-state index in [2.05, 4.69) is 11.8 Å². The lowest BCUT2D eigenvalue weighted by molar-refractivity contribution is 0.0664. The first-order chi connectivity index (χ1) is 5.24. The summed E-state index contributed by atoms with van der Waals surface area (Å²) in [4.78, 5) is 4.68. The summed E-state index contributed by atoms with van der Waals surface area (Å²) in [5.74, 6) is 5.04. The Kier molecular flexibility index (Phi) is 2.63. The summed E-state index contributed by atoms with van der Waals surface area (Å²) in [7, 11) is 0. The largest absolute Gasteiger partial charge is 0.297 e. The van der Waals surface area contributed by atoms with Crippen LogP contribution >= 0.6 is 0 Å². The van der Waals surface area contributed by atoms with Crippen LogP contribution in [0.2, 0.25) is 0 Å². The van der Waals surface area contributed by atoms with E-state index in [1.54, 1.807) is 0 Å². The molecule has 1 aromatic rings. The van der Waals surface area contributed by atoms with Gasteiger partial charge in [-0.05, 0) is 19.4 Å². The minimum Gasteiger partial charge on any atom is -0.297 e. The monoisotopic (exact) mass is 151 g/mol. The second-order valence-electron chi connectivity index (χ2n) is 2.69. The van der Waals surface area contributed by atoms with Crippen molar-refractivity contribution in [2.75, 3.05) is 0 Å². The van der Waals surface area contributed by atoms with Crippen LogP contribution in [0.4, 0.5) is 0 Å². The Morgan fingerprint density at radius 2 is 1.82 bits per heavy atom.